The van der Waals surface area contributed by atoms with Crippen LogP contribution >= 0.6 is 11.8 Å². The van der Waals surface area contributed by atoms with Crippen molar-refractivity contribution in [2.75, 3.05) is 18.1 Å². The van der Waals surface area contributed by atoms with E-state index in [2.05, 4.69) is 12.2 Å². The topological polar surface area (TPSA) is 66.4 Å². The van der Waals surface area contributed by atoms with Gasteiger partial charge in [-0.15, -0.1) is 11.8 Å². The Morgan fingerprint density at radius 1 is 1.25 bits per heavy atom. The van der Waals surface area contributed by atoms with E-state index >= 15 is 0 Å². The molecule has 0 aromatic rings. The second-order valence-corrected chi connectivity index (χ2v) is 4.71. The standard InChI is InChI=1S/C11H21NO3S/c1-2-3-4-5-6-10(13)12-7-8-16-9-11(14)15/h2-9H2,1H3,(H,12,13)(H,14,15). The van der Waals surface area contributed by atoms with E-state index in [1.165, 1.54) is 24.6 Å². The van der Waals surface area contributed by atoms with E-state index in [4.69, 9.17) is 5.11 Å². The Kier molecular flexibility index (Phi) is 10.3. The second kappa shape index (κ2) is 10.8. The number of aliphatic carboxylic acids is 1. The van der Waals surface area contributed by atoms with Gasteiger partial charge in [0.1, 0.15) is 0 Å². The Bertz CT molecular complexity index is 209. The fourth-order valence-electron chi connectivity index (χ4n) is 1.22. The molecule has 4 nitrogen and oxygen atoms in total. The van der Waals surface area contributed by atoms with Gasteiger partial charge in [-0.25, -0.2) is 0 Å². The van der Waals surface area contributed by atoms with Crippen molar-refractivity contribution in [3.63, 3.8) is 0 Å². The molecule has 0 spiro atoms. The molecule has 0 rings (SSSR count). The Hall–Kier alpha value is -0.710. The summed E-state index contributed by atoms with van der Waals surface area (Å²) < 4.78 is 0. The van der Waals surface area contributed by atoms with Gasteiger partial charge in [-0.3, -0.25) is 9.59 Å². The molecular formula is C11H21NO3S. The van der Waals surface area contributed by atoms with Crippen LogP contribution in [-0.4, -0.2) is 35.0 Å². The van der Waals surface area contributed by atoms with Gasteiger partial charge in [-0.2, -0.15) is 0 Å². The third kappa shape index (κ3) is 11.4. The van der Waals surface area contributed by atoms with Gasteiger partial charge in [0.15, 0.2) is 0 Å². The summed E-state index contributed by atoms with van der Waals surface area (Å²) in [4.78, 5) is 21.5. The summed E-state index contributed by atoms with van der Waals surface area (Å²) in [5, 5.41) is 11.2. The Balaban J connectivity index is 3.20. The van der Waals surface area contributed by atoms with Crippen molar-refractivity contribution in [2.45, 2.75) is 39.0 Å². The number of carboxylic acid groups (broad SMARTS) is 1. The van der Waals surface area contributed by atoms with Gasteiger partial charge in [0.05, 0.1) is 5.75 Å². The van der Waals surface area contributed by atoms with Gasteiger partial charge in [-0.1, -0.05) is 26.2 Å². The summed E-state index contributed by atoms with van der Waals surface area (Å²) in [6.45, 7) is 2.70. The molecule has 0 atom stereocenters. The van der Waals surface area contributed by atoms with Gasteiger partial charge in [0, 0.05) is 18.7 Å². The highest BCUT2D eigenvalue weighted by Gasteiger charge is 2.01. The number of thioether (sulfide) groups is 1. The van der Waals surface area contributed by atoms with Crippen molar-refractivity contribution in [1.29, 1.82) is 0 Å². The predicted octanol–water partition coefficient (Wildman–Crippen LogP) is 1.89. The fraction of sp³-hybridized carbons (Fsp3) is 0.818. The first-order valence-electron chi connectivity index (χ1n) is 5.73. The van der Waals surface area contributed by atoms with Crippen LogP contribution < -0.4 is 5.32 Å². The average Bonchev–Trinajstić information content (AvgIpc) is 2.23. The van der Waals surface area contributed by atoms with Gasteiger partial charge < -0.3 is 10.4 Å². The number of unbranched alkanes of at least 4 members (excludes halogenated alkanes) is 3. The monoisotopic (exact) mass is 247 g/mol. The number of hydrogen-bond acceptors (Lipinski definition) is 3. The van der Waals surface area contributed by atoms with Gasteiger partial charge >= 0.3 is 5.97 Å². The largest absolute Gasteiger partial charge is 0.481 e. The van der Waals surface area contributed by atoms with Crippen LogP contribution in [0.1, 0.15) is 39.0 Å². The predicted molar refractivity (Wildman–Crippen MR) is 66.7 cm³/mol. The summed E-state index contributed by atoms with van der Waals surface area (Å²) in [5.74, 6) is 0.0299. The van der Waals surface area contributed by atoms with Crippen LogP contribution in [0.25, 0.3) is 0 Å². The van der Waals surface area contributed by atoms with Crippen LogP contribution in [0.2, 0.25) is 0 Å². The molecule has 0 aromatic carbocycles. The van der Waals surface area contributed by atoms with E-state index in [-0.39, 0.29) is 11.7 Å². The first-order chi connectivity index (χ1) is 7.66. The summed E-state index contributed by atoms with van der Waals surface area (Å²) in [6.07, 6.45) is 5.00. The molecule has 2 N–H and O–H groups in total. The van der Waals surface area contributed by atoms with Gasteiger partial charge in [-0.05, 0) is 6.42 Å². The van der Waals surface area contributed by atoms with E-state index in [1.807, 2.05) is 0 Å². The van der Waals surface area contributed by atoms with Crippen LogP contribution in [0, 0.1) is 0 Å². The minimum atomic E-state index is -0.809. The number of nitrogens with one attached hydrogen (secondary N) is 1. The lowest BCUT2D eigenvalue weighted by molar-refractivity contribution is -0.133. The molecule has 0 aromatic heterocycles. The number of amides is 1. The second-order valence-electron chi connectivity index (χ2n) is 3.61. The molecule has 0 aliphatic heterocycles. The number of carbonyl (C=O) groups excluding carboxylic acids is 1. The van der Waals surface area contributed by atoms with Crippen molar-refractivity contribution >= 4 is 23.6 Å². The number of rotatable bonds is 10. The molecule has 0 aliphatic carbocycles. The van der Waals surface area contributed by atoms with Crippen molar-refractivity contribution in [3.8, 4) is 0 Å². The zero-order chi connectivity index (χ0) is 12.2. The van der Waals surface area contributed by atoms with E-state index < -0.39 is 5.97 Å². The van der Waals surface area contributed by atoms with Gasteiger partial charge in [0.25, 0.3) is 0 Å². The quantitative estimate of drug-likeness (QED) is 0.579. The number of carboxylic acids is 1. The molecule has 0 radical (unpaired) electrons. The Morgan fingerprint density at radius 2 is 2.00 bits per heavy atom. The van der Waals surface area contributed by atoms with Crippen LogP contribution in [0.15, 0.2) is 0 Å². The fourth-order valence-corrected chi connectivity index (χ4v) is 1.79. The van der Waals surface area contributed by atoms with E-state index in [0.717, 1.165) is 12.8 Å². The van der Waals surface area contributed by atoms with Crippen LogP contribution in [0.5, 0.6) is 0 Å². The van der Waals surface area contributed by atoms with Crippen LogP contribution in [-0.2, 0) is 9.59 Å². The summed E-state index contributed by atoms with van der Waals surface area (Å²) in [6, 6.07) is 0. The first kappa shape index (κ1) is 15.3. The van der Waals surface area contributed by atoms with Gasteiger partial charge in [0.2, 0.25) is 5.91 Å². The first-order valence-corrected chi connectivity index (χ1v) is 6.88. The molecule has 94 valence electrons. The zero-order valence-corrected chi connectivity index (χ0v) is 10.6. The maximum absolute atomic E-state index is 11.3. The average molecular weight is 247 g/mol. The smallest absolute Gasteiger partial charge is 0.313 e. The lowest BCUT2D eigenvalue weighted by atomic mass is 10.1. The van der Waals surface area contributed by atoms with E-state index in [1.54, 1.807) is 0 Å². The molecule has 0 unspecified atom stereocenters. The number of carbonyl (C=O) groups is 2. The van der Waals surface area contributed by atoms with Crippen molar-refractivity contribution in [3.05, 3.63) is 0 Å². The van der Waals surface area contributed by atoms with Crippen LogP contribution in [0.3, 0.4) is 0 Å². The van der Waals surface area contributed by atoms with Crippen molar-refractivity contribution in [2.24, 2.45) is 0 Å². The zero-order valence-electron chi connectivity index (χ0n) is 9.83. The lowest BCUT2D eigenvalue weighted by Crippen LogP contribution is -2.25. The molecule has 0 bridgehead atoms. The highest BCUT2D eigenvalue weighted by molar-refractivity contribution is 7.99. The maximum atomic E-state index is 11.3. The summed E-state index contributed by atoms with van der Waals surface area (Å²) in [5.41, 5.74) is 0. The Labute approximate surface area is 101 Å². The number of hydrogen-bond donors (Lipinski definition) is 2. The van der Waals surface area contributed by atoms with Crippen LogP contribution in [0.4, 0.5) is 0 Å². The van der Waals surface area contributed by atoms with E-state index in [9.17, 15) is 9.59 Å². The molecular weight excluding hydrogens is 226 g/mol. The SMILES string of the molecule is CCCCCCC(=O)NCCSCC(=O)O. The summed E-state index contributed by atoms with van der Waals surface area (Å²) >= 11 is 1.32. The highest BCUT2D eigenvalue weighted by atomic mass is 32.2. The minimum Gasteiger partial charge on any atom is -0.481 e. The minimum absolute atomic E-state index is 0.0760. The van der Waals surface area contributed by atoms with Crippen molar-refractivity contribution < 1.29 is 14.7 Å². The molecule has 1 amide bonds. The molecule has 0 heterocycles. The highest BCUT2D eigenvalue weighted by Crippen LogP contribution is 2.02. The van der Waals surface area contributed by atoms with Crippen molar-refractivity contribution in [1.82, 2.24) is 5.32 Å². The molecule has 0 saturated carbocycles. The van der Waals surface area contributed by atoms with E-state index in [0.29, 0.717) is 18.7 Å². The summed E-state index contributed by atoms with van der Waals surface area (Å²) in [7, 11) is 0. The molecule has 5 heteroatoms. The third-order valence-corrected chi connectivity index (χ3v) is 3.00. The molecule has 0 saturated heterocycles. The Morgan fingerprint density at radius 3 is 2.62 bits per heavy atom. The molecule has 0 fully saturated rings. The molecule has 0 aliphatic rings. The normalized spacial score (nSPS) is 10.1. The lowest BCUT2D eigenvalue weighted by Gasteiger charge is -2.04. The molecule has 16 heavy (non-hydrogen) atoms. The third-order valence-electron chi connectivity index (χ3n) is 2.05. The maximum Gasteiger partial charge on any atom is 0.313 e.